The minimum absolute atomic E-state index is 0.201. The second-order valence-corrected chi connectivity index (χ2v) is 9.08. The Bertz CT molecular complexity index is 1160. The number of hydrogen-bond acceptors (Lipinski definition) is 8. The van der Waals surface area contributed by atoms with Crippen LogP contribution in [-0.2, 0) is 4.74 Å². The minimum atomic E-state index is -0.410. The number of aryl methyl sites for hydroxylation is 2. The van der Waals surface area contributed by atoms with Gasteiger partial charge in [0.1, 0.15) is 17.1 Å². The van der Waals surface area contributed by atoms with Gasteiger partial charge in [0.15, 0.2) is 11.6 Å². The summed E-state index contributed by atoms with van der Waals surface area (Å²) in [5.41, 5.74) is 1.91. The maximum atomic E-state index is 15.1. The Morgan fingerprint density at radius 3 is 2.70 bits per heavy atom. The number of piperidine rings is 1. The van der Waals surface area contributed by atoms with Crippen molar-refractivity contribution in [1.29, 1.82) is 0 Å². The third-order valence-electron chi connectivity index (χ3n) is 6.78. The molecular weight excluding hydrogens is 425 g/mol. The van der Waals surface area contributed by atoms with Crippen molar-refractivity contribution in [3.63, 3.8) is 0 Å². The molecule has 2 aliphatic rings. The first-order chi connectivity index (χ1) is 15.9. The molecular formula is C24H30FN5O3. The highest BCUT2D eigenvalue weighted by Crippen LogP contribution is 2.40. The number of nitrogens with zero attached hydrogens (tertiary/aromatic N) is 4. The van der Waals surface area contributed by atoms with E-state index >= 15 is 4.39 Å². The fourth-order valence-corrected chi connectivity index (χ4v) is 5.06. The molecule has 1 aromatic carbocycles. The fraction of sp³-hybridized carbons (Fsp3) is 0.542. The molecule has 0 amide bonds. The van der Waals surface area contributed by atoms with Gasteiger partial charge in [0.2, 0.25) is 0 Å². The zero-order chi connectivity index (χ0) is 23.1. The smallest absolute Gasteiger partial charge is 0.261 e. The van der Waals surface area contributed by atoms with Gasteiger partial charge in [-0.05, 0) is 51.7 Å². The number of anilines is 1. The zero-order valence-corrected chi connectivity index (χ0v) is 19.5. The van der Waals surface area contributed by atoms with Gasteiger partial charge in [-0.1, -0.05) is 5.16 Å². The average Bonchev–Trinajstić information content (AvgIpc) is 3.46. The number of rotatable bonds is 5. The lowest BCUT2D eigenvalue weighted by Crippen LogP contribution is -2.50. The molecule has 2 fully saturated rings. The van der Waals surface area contributed by atoms with Gasteiger partial charge >= 0.3 is 0 Å². The van der Waals surface area contributed by atoms with Crippen LogP contribution in [0.5, 0.6) is 5.75 Å². The molecule has 3 atom stereocenters. The number of nitrogens with one attached hydrogen (secondary N) is 1. The summed E-state index contributed by atoms with van der Waals surface area (Å²) >= 11 is 0. The molecule has 2 saturated heterocycles. The molecule has 0 radical (unpaired) electrons. The monoisotopic (exact) mass is 455 g/mol. The number of halogens is 1. The van der Waals surface area contributed by atoms with Crippen molar-refractivity contribution in [2.45, 2.75) is 58.2 Å². The topological polar surface area (TPSA) is 85.5 Å². The van der Waals surface area contributed by atoms with E-state index in [1.807, 2.05) is 6.92 Å². The molecule has 0 bridgehead atoms. The van der Waals surface area contributed by atoms with Crippen molar-refractivity contribution in [3.05, 3.63) is 29.3 Å². The number of ether oxygens (including phenoxy) is 2. The van der Waals surface area contributed by atoms with Gasteiger partial charge in [-0.25, -0.2) is 9.37 Å². The lowest BCUT2D eigenvalue weighted by atomic mass is 9.95. The number of methoxy groups -OCH3 is 1. The van der Waals surface area contributed by atoms with E-state index in [9.17, 15) is 0 Å². The molecule has 3 aromatic rings. The number of fused-ring (bicyclic) bond motifs is 1. The summed E-state index contributed by atoms with van der Waals surface area (Å²) in [5, 5.41) is 8.41. The summed E-state index contributed by atoms with van der Waals surface area (Å²) in [4.78, 5) is 11.6. The molecule has 0 saturated carbocycles. The highest BCUT2D eigenvalue weighted by molar-refractivity contribution is 5.93. The molecule has 0 spiro atoms. The lowest BCUT2D eigenvalue weighted by molar-refractivity contribution is 0.185. The Hall–Kier alpha value is -2.78. The molecule has 0 aliphatic carbocycles. The Morgan fingerprint density at radius 2 is 2.03 bits per heavy atom. The van der Waals surface area contributed by atoms with E-state index in [4.69, 9.17) is 19.0 Å². The van der Waals surface area contributed by atoms with E-state index in [1.54, 1.807) is 13.0 Å². The molecule has 176 valence electrons. The van der Waals surface area contributed by atoms with Crippen molar-refractivity contribution < 1.29 is 18.4 Å². The van der Waals surface area contributed by atoms with Crippen LogP contribution in [0, 0.1) is 19.7 Å². The summed E-state index contributed by atoms with van der Waals surface area (Å²) in [6.07, 6.45) is 2.99. The van der Waals surface area contributed by atoms with Crippen LogP contribution in [0.3, 0.4) is 0 Å². The summed E-state index contributed by atoms with van der Waals surface area (Å²) in [5.74, 6) is 1.66. The summed E-state index contributed by atoms with van der Waals surface area (Å²) < 4.78 is 31.4. The van der Waals surface area contributed by atoms with Crippen LogP contribution in [0.15, 0.2) is 16.7 Å². The van der Waals surface area contributed by atoms with Crippen LogP contribution in [0.2, 0.25) is 0 Å². The Kier molecular flexibility index (Phi) is 5.92. The molecule has 9 heteroatoms. The number of benzene rings is 1. The fourth-order valence-electron chi connectivity index (χ4n) is 5.06. The number of pyridine rings is 1. The van der Waals surface area contributed by atoms with Crippen LogP contribution >= 0.6 is 0 Å². The van der Waals surface area contributed by atoms with Gasteiger partial charge in [0, 0.05) is 42.7 Å². The van der Waals surface area contributed by atoms with Crippen LogP contribution in [0.1, 0.15) is 37.6 Å². The van der Waals surface area contributed by atoms with Gasteiger partial charge in [0.05, 0.1) is 19.3 Å². The molecule has 1 unspecified atom stereocenters. The maximum absolute atomic E-state index is 15.1. The molecule has 4 heterocycles. The van der Waals surface area contributed by atoms with Gasteiger partial charge in [-0.15, -0.1) is 0 Å². The summed E-state index contributed by atoms with van der Waals surface area (Å²) in [7, 11) is 1.53. The van der Waals surface area contributed by atoms with Gasteiger partial charge < -0.3 is 24.2 Å². The predicted octanol–water partition coefficient (Wildman–Crippen LogP) is 3.79. The second kappa shape index (κ2) is 8.87. The van der Waals surface area contributed by atoms with E-state index < -0.39 is 5.82 Å². The minimum Gasteiger partial charge on any atom is -0.497 e. The van der Waals surface area contributed by atoms with Gasteiger partial charge in [-0.2, -0.15) is 4.98 Å². The van der Waals surface area contributed by atoms with Gasteiger partial charge in [0.25, 0.3) is 5.89 Å². The van der Waals surface area contributed by atoms with Crippen LogP contribution in [0.4, 0.5) is 10.2 Å². The van der Waals surface area contributed by atoms with Crippen molar-refractivity contribution in [2.24, 2.45) is 0 Å². The highest BCUT2D eigenvalue weighted by atomic mass is 19.1. The van der Waals surface area contributed by atoms with E-state index in [-0.39, 0.29) is 6.04 Å². The summed E-state index contributed by atoms with van der Waals surface area (Å²) in [6.45, 7) is 8.32. The van der Waals surface area contributed by atoms with Crippen molar-refractivity contribution in [3.8, 4) is 17.2 Å². The van der Waals surface area contributed by atoms with Crippen molar-refractivity contribution in [1.82, 2.24) is 20.4 Å². The highest BCUT2D eigenvalue weighted by Gasteiger charge is 2.32. The number of hydrogen-bond donors (Lipinski definition) is 1. The van der Waals surface area contributed by atoms with Gasteiger partial charge in [-0.3, -0.25) is 0 Å². The largest absolute Gasteiger partial charge is 0.497 e. The molecule has 5 rings (SSSR count). The molecule has 1 N–H and O–H groups in total. The van der Waals surface area contributed by atoms with E-state index in [1.165, 1.54) is 13.2 Å². The number of aromatic nitrogens is 3. The summed E-state index contributed by atoms with van der Waals surface area (Å²) in [6, 6.07) is 4.22. The predicted molar refractivity (Wildman–Crippen MR) is 123 cm³/mol. The van der Waals surface area contributed by atoms with E-state index in [0.29, 0.717) is 46.3 Å². The first-order valence-electron chi connectivity index (χ1n) is 11.5. The quantitative estimate of drug-likeness (QED) is 0.622. The van der Waals surface area contributed by atoms with Crippen LogP contribution in [-0.4, -0.2) is 60.1 Å². The SMILES string of the molecule is COc1cc(F)c2nc(N3CCC(N[C@H]4CCOC4)C[C@@H]3C)c(-c3nc(C)no3)c(C)c2c1. The Labute approximate surface area is 192 Å². The first-order valence-corrected chi connectivity index (χ1v) is 11.5. The second-order valence-electron chi connectivity index (χ2n) is 9.08. The van der Waals surface area contributed by atoms with Crippen LogP contribution in [0.25, 0.3) is 22.4 Å². The Balaban J connectivity index is 1.56. The van der Waals surface area contributed by atoms with Crippen molar-refractivity contribution in [2.75, 3.05) is 31.8 Å². The van der Waals surface area contributed by atoms with Crippen LogP contribution < -0.4 is 15.0 Å². The molecule has 2 aromatic heterocycles. The Morgan fingerprint density at radius 1 is 1.18 bits per heavy atom. The molecule has 2 aliphatic heterocycles. The standard InChI is InChI=1S/C24H30FN5O3/c1-13-9-16(27-17-6-8-32-12-17)5-7-30(13)23-21(24-26-15(3)29-33-24)14(2)19-10-18(31-4)11-20(25)22(19)28-23/h10-11,13,16-17,27H,5-9,12H2,1-4H3/t13-,16?,17-/m0/s1. The third-order valence-corrected chi connectivity index (χ3v) is 6.78. The third kappa shape index (κ3) is 4.15. The normalized spacial score (nSPS) is 23.4. The van der Waals surface area contributed by atoms with Crippen molar-refractivity contribution >= 4 is 16.7 Å². The first kappa shape index (κ1) is 22.0. The molecule has 8 nitrogen and oxygen atoms in total. The zero-order valence-electron chi connectivity index (χ0n) is 19.5. The van der Waals surface area contributed by atoms with E-state index in [2.05, 4.69) is 27.3 Å². The maximum Gasteiger partial charge on any atom is 0.261 e. The lowest BCUT2D eigenvalue weighted by Gasteiger charge is -2.40. The van der Waals surface area contributed by atoms with E-state index in [0.717, 1.165) is 50.1 Å². The molecule has 33 heavy (non-hydrogen) atoms. The average molecular weight is 456 g/mol.